The molecule has 4 aliphatic heterocycles. The first kappa shape index (κ1) is 86.4. The van der Waals surface area contributed by atoms with Crippen molar-refractivity contribution in [1.82, 2.24) is 65.0 Å². The number of aryl methyl sites for hydroxylation is 2. The quantitative estimate of drug-likeness (QED) is 0.0108. The molecular weight excluding hydrogens is 1550 g/mol. The van der Waals surface area contributed by atoms with Crippen molar-refractivity contribution < 1.29 is 56.3 Å². The number of imide groups is 2. The molecule has 7 aromatic rings. The van der Waals surface area contributed by atoms with Crippen molar-refractivity contribution in [1.29, 1.82) is 0 Å². The molecule has 8 heterocycles. The van der Waals surface area contributed by atoms with Crippen LogP contribution in [0.5, 0.6) is 5.75 Å². The first-order valence-corrected chi connectivity index (χ1v) is 43.1. The molecule has 33 heteroatoms. The number of likely N-dealkylation sites (tertiary alicyclic amines) is 1. The topological polar surface area (TPSA) is 384 Å². The number of benzene rings is 3. The SMILES string of the molecule is CC(=O)c1c(C)c2cnc(Nc3ccc(N4CCN(CC(=O)NCCCCCCN(CC(=O)NCCNc5cccc6c5C(=O)N(C5CCC(=O)NC5=O)C6=O)C(=O)CCCCCCC(=O)N5CCC(c6cc(OC(C)C)c(Nc7ncc(Cl)c(Nc8ccccc8S(=O)(=O)C(C)C)n7)cc6C)CC5)CC4)cn3)nc2n(C2CCCC2)c1=O. The second-order valence-electron chi connectivity index (χ2n) is 31.6. The van der Waals surface area contributed by atoms with Crippen molar-refractivity contribution in [2.75, 3.05) is 105 Å². The number of para-hydroxylation sites is 1. The lowest BCUT2D eigenvalue weighted by molar-refractivity contribution is -0.136. The van der Waals surface area contributed by atoms with Crippen LogP contribution in [0.2, 0.25) is 5.02 Å². The molecule has 4 aromatic heterocycles. The summed E-state index contributed by atoms with van der Waals surface area (Å²) in [6.07, 6.45) is 16.1. The summed E-state index contributed by atoms with van der Waals surface area (Å²) in [7, 11) is -3.64. The average Bonchev–Trinajstić information content (AvgIpc) is 1.24. The summed E-state index contributed by atoms with van der Waals surface area (Å²) in [5.41, 5.74) is 5.54. The Balaban J connectivity index is 0.577. The zero-order valence-electron chi connectivity index (χ0n) is 68.2. The highest BCUT2D eigenvalue weighted by atomic mass is 35.5. The number of pyridine rings is 2. The van der Waals surface area contributed by atoms with Gasteiger partial charge in [-0.2, -0.15) is 9.97 Å². The number of nitrogens with one attached hydrogen (secondary N) is 7. The Kier molecular flexibility index (Phi) is 28.9. The van der Waals surface area contributed by atoms with Crippen molar-refractivity contribution in [3.63, 3.8) is 0 Å². The third-order valence-corrected chi connectivity index (χ3v) is 25.0. The molecule has 3 aromatic carbocycles. The van der Waals surface area contributed by atoms with Crippen molar-refractivity contribution >= 4 is 132 Å². The van der Waals surface area contributed by atoms with Gasteiger partial charge in [0.1, 0.15) is 28.3 Å². The molecule has 31 nitrogen and oxygen atoms in total. The molecule has 7 N–H and O–H groups in total. The lowest BCUT2D eigenvalue weighted by atomic mass is 9.86. The molecule has 0 bridgehead atoms. The molecule has 1 saturated carbocycles. The summed E-state index contributed by atoms with van der Waals surface area (Å²) in [6, 6.07) is 18.1. The highest BCUT2D eigenvalue weighted by molar-refractivity contribution is 7.92. The number of aromatic nitrogens is 6. The predicted molar refractivity (Wildman–Crippen MR) is 450 cm³/mol. The molecule has 1 aliphatic carbocycles. The summed E-state index contributed by atoms with van der Waals surface area (Å²) in [5, 5.41) is 21.1. The molecule has 0 spiro atoms. The molecule has 1 unspecified atom stereocenters. The average molecular weight is 1660 g/mol. The van der Waals surface area contributed by atoms with Gasteiger partial charge >= 0.3 is 0 Å². The molecule has 1 atom stereocenters. The Hall–Kier alpha value is -11.0. The number of nitrogens with zero attached hydrogens (tertiary/aromatic N) is 11. The fourth-order valence-electron chi connectivity index (χ4n) is 16.2. The van der Waals surface area contributed by atoms with E-state index in [-0.39, 0.29) is 137 Å². The minimum absolute atomic E-state index is 0.0118. The number of hydrogen-bond acceptors (Lipinski definition) is 24. The summed E-state index contributed by atoms with van der Waals surface area (Å²) in [6.45, 7) is 17.5. The zero-order valence-corrected chi connectivity index (χ0v) is 69.8. The van der Waals surface area contributed by atoms with Crippen LogP contribution in [-0.4, -0.2) is 206 Å². The number of amides is 8. The number of sulfone groups is 1. The molecule has 5 aliphatic rings. The van der Waals surface area contributed by atoms with Gasteiger partial charge in [0.05, 0.1) is 75.5 Å². The van der Waals surface area contributed by atoms with E-state index in [4.69, 9.17) is 21.3 Å². The second kappa shape index (κ2) is 39.5. The number of carbonyl (C=O) groups is 9. The van der Waals surface area contributed by atoms with Crippen molar-refractivity contribution in [2.45, 2.75) is 198 Å². The first-order chi connectivity index (χ1) is 56.7. The number of unbranched alkanes of at least 4 members (excludes halogenated alkanes) is 6. The summed E-state index contributed by atoms with van der Waals surface area (Å²) in [4.78, 5) is 165. The molecular formula is C85H107ClN18O13S. The van der Waals surface area contributed by atoms with Gasteiger partial charge in [-0.25, -0.2) is 23.4 Å². The maximum atomic E-state index is 14.0. The number of fused-ring (bicyclic) bond motifs is 2. The van der Waals surface area contributed by atoms with Crippen LogP contribution in [-0.2, 0) is 38.6 Å². The number of carbonyl (C=O) groups excluding carboxylic acids is 9. The molecule has 3 saturated heterocycles. The normalized spacial score (nSPS) is 16.2. The van der Waals surface area contributed by atoms with E-state index in [1.807, 2.05) is 43.9 Å². The highest BCUT2D eigenvalue weighted by Gasteiger charge is 2.46. The number of piperazine rings is 1. The Morgan fingerprint density at radius 2 is 1.39 bits per heavy atom. The molecule has 628 valence electrons. The Morgan fingerprint density at radius 3 is 2.11 bits per heavy atom. The lowest BCUT2D eigenvalue weighted by Crippen LogP contribution is -2.54. The molecule has 4 fully saturated rings. The van der Waals surface area contributed by atoms with Crippen LogP contribution in [0.3, 0.4) is 0 Å². The Bertz CT molecular complexity index is 5080. The van der Waals surface area contributed by atoms with E-state index in [0.717, 1.165) is 85.9 Å². The van der Waals surface area contributed by atoms with Crippen LogP contribution >= 0.6 is 11.6 Å². The fourth-order valence-corrected chi connectivity index (χ4v) is 17.5. The Morgan fingerprint density at radius 1 is 0.686 bits per heavy atom. The third kappa shape index (κ3) is 21.1. The van der Waals surface area contributed by atoms with Crippen LogP contribution in [0.15, 0.2) is 95.0 Å². The van der Waals surface area contributed by atoms with Gasteiger partial charge in [-0.1, -0.05) is 68.3 Å². The number of hydrogen-bond donors (Lipinski definition) is 7. The number of ether oxygens (including phenoxy) is 1. The van der Waals surface area contributed by atoms with Gasteiger partial charge < -0.3 is 51.3 Å². The van der Waals surface area contributed by atoms with Gasteiger partial charge in [0.15, 0.2) is 21.4 Å². The van der Waals surface area contributed by atoms with Crippen LogP contribution in [0.1, 0.15) is 210 Å². The zero-order chi connectivity index (χ0) is 83.9. The van der Waals surface area contributed by atoms with E-state index in [1.54, 1.807) is 79.0 Å². The van der Waals surface area contributed by atoms with E-state index in [0.29, 0.717) is 136 Å². The number of Topliss-reactive ketones (excluding diaryl/α,β-unsaturated/α-hetero) is 1. The largest absolute Gasteiger partial charge is 0.489 e. The van der Waals surface area contributed by atoms with E-state index in [2.05, 4.69) is 73.0 Å². The van der Waals surface area contributed by atoms with E-state index >= 15 is 0 Å². The number of piperidine rings is 2. The van der Waals surface area contributed by atoms with Crippen LogP contribution in [0.4, 0.5) is 46.3 Å². The van der Waals surface area contributed by atoms with Crippen LogP contribution in [0.25, 0.3) is 11.0 Å². The molecule has 12 rings (SSSR count). The third-order valence-electron chi connectivity index (χ3n) is 22.5. The van der Waals surface area contributed by atoms with Crippen molar-refractivity contribution in [3.8, 4) is 5.75 Å². The number of halogens is 1. The van der Waals surface area contributed by atoms with E-state index in [9.17, 15) is 56.4 Å². The van der Waals surface area contributed by atoms with Gasteiger partial charge in [-0.05, 0) is 177 Å². The Labute approximate surface area is 692 Å². The van der Waals surface area contributed by atoms with Gasteiger partial charge in [-0.15, -0.1) is 0 Å². The summed E-state index contributed by atoms with van der Waals surface area (Å²) < 4.78 is 34.5. The van der Waals surface area contributed by atoms with Crippen molar-refractivity contribution in [2.24, 2.45) is 0 Å². The van der Waals surface area contributed by atoms with Gasteiger partial charge in [0, 0.05) is 108 Å². The minimum atomic E-state index is -3.64. The number of rotatable bonds is 37. The molecule has 118 heavy (non-hydrogen) atoms. The number of anilines is 8. The first-order valence-electron chi connectivity index (χ1n) is 41.2. The maximum Gasteiger partial charge on any atom is 0.264 e. The van der Waals surface area contributed by atoms with Gasteiger partial charge in [-0.3, -0.25) is 67.6 Å². The van der Waals surface area contributed by atoms with Gasteiger partial charge in [0.25, 0.3) is 17.4 Å². The predicted octanol–water partition coefficient (Wildman–Crippen LogP) is 10.8. The second-order valence-corrected chi connectivity index (χ2v) is 34.5. The molecule has 8 amide bonds. The van der Waals surface area contributed by atoms with Crippen LogP contribution in [0, 0.1) is 13.8 Å². The maximum absolute atomic E-state index is 14.0. The smallest absolute Gasteiger partial charge is 0.264 e. The highest BCUT2D eigenvalue weighted by Crippen LogP contribution is 2.40. The number of ketones is 1. The van der Waals surface area contributed by atoms with Crippen LogP contribution < -0.4 is 52.4 Å². The fraction of sp³-hybridized carbons (Fsp3) is 0.494. The summed E-state index contributed by atoms with van der Waals surface area (Å²) in [5.74, 6) is -1.26. The standard InChI is InChI=1S/C85H107ClN18O13S/c1-52(2)117-68-46-61(54(5)45-66(68)94-84-92-49-63(86)78(97-84)93-64-24-16-17-26-69(64)118(115,116)53(3)4)57-33-39-101(40-34-57)74(109)27-12-8-9-13-28-75(110)102(51-73(108)89-37-36-87-65-25-20-23-60-77(65)83(114)104(81(60)112)67-30-32-71(106)96-80(67)111)38-19-11-10-18-35-88-72(107)50-99-41-43-100(44-42-99)59-29-31-70(90-47-59)95-85-91-48-62-55(6)76(56(7)105)82(113)103(79(62)98-85)58-21-14-15-22-58/h16-17,20,23-26,29,31,45-49,52-53,57-58,67,87H,8-15,18-19,21-22,27-28,30,32-44,50-51H2,1-7H3,(H,88,107)(H,89,108)(H,96,106,111)(H,90,91,95,98)(H2,92,93,94,97). The van der Waals surface area contributed by atoms with E-state index < -0.39 is 44.8 Å². The summed E-state index contributed by atoms with van der Waals surface area (Å²) >= 11 is 6.57. The van der Waals surface area contributed by atoms with E-state index in [1.165, 1.54) is 19.2 Å². The van der Waals surface area contributed by atoms with Gasteiger partial charge in [0.2, 0.25) is 47.3 Å². The molecule has 0 radical (unpaired) electrons. The lowest BCUT2D eigenvalue weighted by Gasteiger charge is -2.35. The van der Waals surface area contributed by atoms with Crippen molar-refractivity contribution in [3.05, 3.63) is 134 Å². The minimum Gasteiger partial charge on any atom is -0.489 e. The monoisotopic (exact) mass is 1650 g/mol.